The molecule has 0 radical (unpaired) electrons. The molecule has 0 saturated carbocycles. The summed E-state index contributed by atoms with van der Waals surface area (Å²) in [5.74, 6) is 0. The summed E-state index contributed by atoms with van der Waals surface area (Å²) in [5.41, 5.74) is 1.22. The van der Waals surface area contributed by atoms with Crippen molar-refractivity contribution in [2.24, 2.45) is 0 Å². The third kappa shape index (κ3) is 1.07. The van der Waals surface area contributed by atoms with Gasteiger partial charge in [0.05, 0.1) is 0 Å². The number of hydrogen-bond donors (Lipinski definition) is 0. The Hall–Kier alpha value is -1.71. The van der Waals surface area contributed by atoms with E-state index in [9.17, 15) is 4.79 Å². The summed E-state index contributed by atoms with van der Waals surface area (Å²) < 4.78 is 4.81. The first-order valence-electron chi connectivity index (χ1n) is 3.49. The minimum Gasteiger partial charge on any atom is -0.401 e. The van der Waals surface area contributed by atoms with Crippen molar-refractivity contribution in [3.8, 4) is 0 Å². The van der Waals surface area contributed by atoms with E-state index < -0.39 is 5.63 Å². The number of rotatable bonds is 0. The number of aromatic nitrogens is 2. The van der Waals surface area contributed by atoms with Gasteiger partial charge in [0.15, 0.2) is 0 Å². The Bertz CT molecular complexity index is 476. The van der Waals surface area contributed by atoms with Crippen molar-refractivity contribution in [1.82, 2.24) is 9.97 Å². The number of pyridine rings is 1. The molecule has 0 aliphatic heterocycles. The summed E-state index contributed by atoms with van der Waals surface area (Å²) in [5, 5.41) is 0. The summed E-state index contributed by atoms with van der Waals surface area (Å²) in [6, 6.07) is 3.58. The second kappa shape index (κ2) is 2.41. The van der Waals surface area contributed by atoms with Gasteiger partial charge < -0.3 is 4.42 Å². The lowest BCUT2D eigenvalue weighted by Gasteiger charge is -1.93. The fourth-order valence-corrected chi connectivity index (χ4v) is 0.943. The van der Waals surface area contributed by atoms with Crippen LogP contribution >= 0.6 is 0 Å². The van der Waals surface area contributed by atoms with Crippen LogP contribution in [0.1, 0.15) is 5.69 Å². The Balaban J connectivity index is 2.89. The van der Waals surface area contributed by atoms with Crippen molar-refractivity contribution in [3.63, 3.8) is 0 Å². The van der Waals surface area contributed by atoms with Crippen LogP contribution < -0.4 is 5.63 Å². The Morgan fingerprint density at radius 2 is 2.25 bits per heavy atom. The highest BCUT2D eigenvalue weighted by atomic mass is 16.4. The van der Waals surface area contributed by atoms with Crippen LogP contribution in [0.4, 0.5) is 0 Å². The molecule has 2 aromatic heterocycles. The number of nitrogens with zero attached hydrogens (tertiary/aromatic N) is 2. The number of aryl methyl sites for hydroxylation is 1. The molecule has 0 aliphatic rings. The van der Waals surface area contributed by atoms with Crippen molar-refractivity contribution >= 4 is 11.2 Å². The van der Waals surface area contributed by atoms with Crippen LogP contribution in [-0.4, -0.2) is 9.97 Å². The van der Waals surface area contributed by atoms with E-state index >= 15 is 0 Å². The molecular weight excluding hydrogens is 156 g/mol. The highest BCUT2D eigenvalue weighted by molar-refractivity contribution is 5.66. The molecule has 0 unspecified atom stereocenters. The summed E-state index contributed by atoms with van der Waals surface area (Å²) in [4.78, 5) is 18.6. The molecule has 2 rings (SSSR count). The quantitative estimate of drug-likeness (QED) is 0.577. The van der Waals surface area contributed by atoms with E-state index in [1.165, 1.54) is 0 Å². The van der Waals surface area contributed by atoms with Gasteiger partial charge in [-0.2, -0.15) is 0 Å². The van der Waals surface area contributed by atoms with E-state index in [4.69, 9.17) is 4.42 Å². The van der Waals surface area contributed by atoms with E-state index in [-0.39, 0.29) is 0 Å². The smallest absolute Gasteiger partial charge is 0.356 e. The zero-order valence-corrected chi connectivity index (χ0v) is 6.44. The first kappa shape index (κ1) is 6.97. The molecule has 0 N–H and O–H groups in total. The number of hydrogen-bond acceptors (Lipinski definition) is 4. The molecule has 2 heterocycles. The molecule has 4 nitrogen and oxygen atoms in total. The van der Waals surface area contributed by atoms with Crippen LogP contribution in [0.15, 0.2) is 27.5 Å². The predicted molar refractivity (Wildman–Crippen MR) is 42.8 cm³/mol. The molecule has 0 bridgehead atoms. The molecule has 0 saturated heterocycles. The Kier molecular flexibility index (Phi) is 1.40. The van der Waals surface area contributed by atoms with Crippen molar-refractivity contribution in [2.75, 3.05) is 0 Å². The van der Waals surface area contributed by atoms with Gasteiger partial charge in [0.2, 0.25) is 5.71 Å². The molecule has 0 atom stereocenters. The Labute approximate surface area is 67.9 Å². The minimum absolute atomic E-state index is 0.294. The summed E-state index contributed by atoms with van der Waals surface area (Å²) in [6.07, 6.45) is 1.14. The largest absolute Gasteiger partial charge is 0.401 e. The first-order valence-corrected chi connectivity index (χ1v) is 3.49. The molecule has 0 aliphatic carbocycles. The molecule has 12 heavy (non-hydrogen) atoms. The third-order valence-electron chi connectivity index (χ3n) is 1.49. The second-order valence-electron chi connectivity index (χ2n) is 2.46. The lowest BCUT2D eigenvalue weighted by atomic mass is 10.3. The predicted octanol–water partition coefficient (Wildman–Crippen LogP) is 0.891. The van der Waals surface area contributed by atoms with Gasteiger partial charge >= 0.3 is 5.63 Å². The van der Waals surface area contributed by atoms with Gasteiger partial charge in [0.1, 0.15) is 11.7 Å². The minimum atomic E-state index is -0.472. The fourth-order valence-electron chi connectivity index (χ4n) is 0.943. The zero-order chi connectivity index (χ0) is 8.55. The molecule has 0 spiro atoms. The first-order chi connectivity index (χ1) is 5.75. The van der Waals surface area contributed by atoms with Crippen LogP contribution in [0.3, 0.4) is 0 Å². The maximum atomic E-state index is 10.7. The average Bonchev–Trinajstić information content (AvgIpc) is 2.03. The Morgan fingerprint density at radius 3 is 3.08 bits per heavy atom. The van der Waals surface area contributed by atoms with Gasteiger partial charge in [-0.3, -0.25) is 0 Å². The van der Waals surface area contributed by atoms with Gasteiger partial charge in [-0.1, -0.05) is 0 Å². The molecule has 0 amide bonds. The highest BCUT2D eigenvalue weighted by Gasteiger charge is 1.98. The number of fused-ring (bicyclic) bond motifs is 1. The van der Waals surface area contributed by atoms with Crippen LogP contribution in [-0.2, 0) is 0 Å². The Morgan fingerprint density at radius 1 is 1.42 bits per heavy atom. The zero-order valence-electron chi connectivity index (χ0n) is 6.44. The van der Waals surface area contributed by atoms with E-state index in [1.807, 2.05) is 13.0 Å². The van der Waals surface area contributed by atoms with Gasteiger partial charge in [-0.15, -0.1) is 0 Å². The fraction of sp³-hybridized carbons (Fsp3) is 0.125. The molecular formula is C8H6N2O2. The van der Waals surface area contributed by atoms with Gasteiger partial charge in [-0.05, 0) is 19.1 Å². The van der Waals surface area contributed by atoms with Crippen molar-refractivity contribution in [1.29, 1.82) is 0 Å². The highest BCUT2D eigenvalue weighted by Crippen LogP contribution is 2.05. The third-order valence-corrected chi connectivity index (χ3v) is 1.49. The standard InChI is InChI=1S/C8H6N2O2/c1-5-2-3-6-8(10-5)12-7(11)4-9-6/h2-4H,1H3. The van der Waals surface area contributed by atoms with Gasteiger partial charge in [0.25, 0.3) is 0 Å². The monoisotopic (exact) mass is 162 g/mol. The van der Waals surface area contributed by atoms with Crippen LogP contribution in [0, 0.1) is 6.92 Å². The van der Waals surface area contributed by atoms with Crippen LogP contribution in [0.2, 0.25) is 0 Å². The van der Waals surface area contributed by atoms with Crippen molar-refractivity contribution in [2.45, 2.75) is 6.92 Å². The second-order valence-corrected chi connectivity index (χ2v) is 2.46. The van der Waals surface area contributed by atoms with Gasteiger partial charge in [0, 0.05) is 5.69 Å². The SMILES string of the molecule is Cc1ccc2ncc(=O)oc2n1. The normalized spacial score (nSPS) is 10.4. The van der Waals surface area contributed by atoms with Crippen molar-refractivity contribution < 1.29 is 4.42 Å². The lowest BCUT2D eigenvalue weighted by molar-refractivity contribution is 0.542. The molecule has 0 fully saturated rings. The molecule has 2 aromatic rings. The maximum Gasteiger partial charge on any atom is 0.356 e. The molecule has 60 valence electrons. The van der Waals surface area contributed by atoms with Crippen molar-refractivity contribution in [3.05, 3.63) is 34.4 Å². The van der Waals surface area contributed by atoms with Crippen LogP contribution in [0.5, 0.6) is 0 Å². The van der Waals surface area contributed by atoms with Gasteiger partial charge in [-0.25, -0.2) is 14.8 Å². The van der Waals surface area contributed by atoms with E-state index in [0.29, 0.717) is 11.2 Å². The summed E-state index contributed by atoms with van der Waals surface area (Å²) >= 11 is 0. The molecule has 4 heteroatoms. The summed E-state index contributed by atoms with van der Waals surface area (Å²) in [6.45, 7) is 1.83. The van der Waals surface area contributed by atoms with E-state index in [0.717, 1.165) is 11.9 Å². The lowest BCUT2D eigenvalue weighted by Crippen LogP contribution is -1.99. The topological polar surface area (TPSA) is 56.0 Å². The van der Waals surface area contributed by atoms with Crippen LogP contribution in [0.25, 0.3) is 11.2 Å². The summed E-state index contributed by atoms with van der Waals surface area (Å²) in [7, 11) is 0. The maximum absolute atomic E-state index is 10.7. The van der Waals surface area contributed by atoms with E-state index in [2.05, 4.69) is 9.97 Å². The average molecular weight is 162 g/mol. The molecule has 0 aromatic carbocycles. The van der Waals surface area contributed by atoms with E-state index in [1.54, 1.807) is 6.07 Å².